The van der Waals surface area contributed by atoms with Gasteiger partial charge >= 0.3 is 18.5 Å². The second-order valence-corrected chi connectivity index (χ2v) is 8.43. The maximum atomic E-state index is 13.7. The summed E-state index contributed by atoms with van der Waals surface area (Å²) in [7, 11) is 0. The minimum Gasteiger partial charge on any atom is -0.329 e. The van der Waals surface area contributed by atoms with Crippen molar-refractivity contribution in [3.05, 3.63) is 140 Å². The SMILES string of the molecule is O=c1ccc(C(c2cccc(C(F)(F)F)c2)(c2cccc(C(F)(F)F)c2)c2cccc(C(F)(F)F)c2)c[nH]1. The zero-order valence-corrected chi connectivity index (χ0v) is 19.0. The molecule has 1 heterocycles. The maximum absolute atomic E-state index is 13.7. The van der Waals surface area contributed by atoms with Crippen LogP contribution in [0, 0.1) is 0 Å². The van der Waals surface area contributed by atoms with E-state index in [9.17, 15) is 44.3 Å². The minimum atomic E-state index is -4.87. The van der Waals surface area contributed by atoms with Crippen LogP contribution in [0.25, 0.3) is 0 Å². The summed E-state index contributed by atoms with van der Waals surface area (Å²) in [5.74, 6) is 0. The highest BCUT2D eigenvalue weighted by Gasteiger charge is 2.43. The van der Waals surface area contributed by atoms with Gasteiger partial charge in [-0.15, -0.1) is 0 Å². The van der Waals surface area contributed by atoms with Gasteiger partial charge in [-0.3, -0.25) is 4.79 Å². The van der Waals surface area contributed by atoms with E-state index in [0.717, 1.165) is 54.7 Å². The molecule has 3 aromatic carbocycles. The summed E-state index contributed by atoms with van der Waals surface area (Å²) in [5, 5.41) is 0. The van der Waals surface area contributed by atoms with Crippen molar-refractivity contribution < 1.29 is 39.5 Å². The number of H-pyrrole nitrogens is 1. The fourth-order valence-corrected chi connectivity index (χ4v) is 4.43. The molecule has 0 aliphatic heterocycles. The molecule has 38 heavy (non-hydrogen) atoms. The van der Waals surface area contributed by atoms with Crippen LogP contribution in [-0.4, -0.2) is 4.98 Å². The van der Waals surface area contributed by atoms with Crippen molar-refractivity contribution in [1.29, 1.82) is 0 Å². The predicted octanol–water partition coefficient (Wildman–Crippen LogP) is 7.81. The smallest absolute Gasteiger partial charge is 0.329 e. The van der Waals surface area contributed by atoms with Crippen molar-refractivity contribution in [2.45, 2.75) is 23.9 Å². The lowest BCUT2D eigenvalue weighted by Crippen LogP contribution is -2.33. The Morgan fingerprint density at radius 3 is 1.08 bits per heavy atom. The molecule has 0 spiro atoms. The first-order chi connectivity index (χ1) is 17.6. The van der Waals surface area contributed by atoms with Gasteiger partial charge in [-0.05, 0) is 40.5 Å². The molecule has 0 radical (unpaired) electrons. The fourth-order valence-electron chi connectivity index (χ4n) is 4.43. The Labute approximate surface area is 209 Å². The number of halogens is 9. The van der Waals surface area contributed by atoms with E-state index in [4.69, 9.17) is 0 Å². The van der Waals surface area contributed by atoms with Crippen LogP contribution in [-0.2, 0) is 23.9 Å². The van der Waals surface area contributed by atoms with Crippen molar-refractivity contribution in [1.82, 2.24) is 4.98 Å². The van der Waals surface area contributed by atoms with Crippen LogP contribution < -0.4 is 5.56 Å². The second kappa shape index (κ2) is 9.38. The van der Waals surface area contributed by atoms with E-state index in [2.05, 4.69) is 4.98 Å². The molecule has 4 rings (SSSR count). The second-order valence-electron chi connectivity index (χ2n) is 8.43. The fraction of sp³-hybridized carbons (Fsp3) is 0.148. The van der Waals surface area contributed by atoms with Crippen LogP contribution in [0.5, 0.6) is 0 Å². The normalized spacial score (nSPS) is 13.0. The number of aromatic amines is 1. The van der Waals surface area contributed by atoms with E-state index in [0.29, 0.717) is 18.2 Å². The standard InChI is InChI=1S/C27H16F9NO/c28-25(29,30)19-7-1-4-16(12-19)24(22-10-11-23(38)37-15-22,17-5-2-8-20(13-17)26(31,32)33)18-6-3-9-21(14-18)27(34,35)36/h1-15H,(H,37,38). The van der Waals surface area contributed by atoms with Crippen molar-refractivity contribution in [3.8, 4) is 0 Å². The van der Waals surface area contributed by atoms with Crippen molar-refractivity contribution >= 4 is 0 Å². The van der Waals surface area contributed by atoms with E-state index in [1.807, 2.05) is 0 Å². The van der Waals surface area contributed by atoms with Crippen LogP contribution >= 0.6 is 0 Å². The molecule has 0 amide bonds. The third-order valence-corrected chi connectivity index (χ3v) is 6.09. The van der Waals surface area contributed by atoms with Gasteiger partial charge in [-0.1, -0.05) is 60.7 Å². The molecule has 0 atom stereocenters. The number of rotatable bonds is 4. The largest absolute Gasteiger partial charge is 0.416 e. The average Bonchev–Trinajstić information content (AvgIpc) is 2.85. The topological polar surface area (TPSA) is 32.9 Å². The van der Waals surface area contributed by atoms with E-state index in [-0.39, 0.29) is 22.3 Å². The Morgan fingerprint density at radius 2 is 0.789 bits per heavy atom. The number of alkyl halides is 9. The van der Waals surface area contributed by atoms with Crippen molar-refractivity contribution in [3.63, 3.8) is 0 Å². The van der Waals surface area contributed by atoms with Gasteiger partial charge in [0.1, 0.15) is 0 Å². The highest BCUT2D eigenvalue weighted by molar-refractivity contribution is 5.61. The number of pyridine rings is 1. The molecule has 11 heteroatoms. The van der Waals surface area contributed by atoms with Gasteiger partial charge in [0, 0.05) is 12.3 Å². The van der Waals surface area contributed by atoms with Gasteiger partial charge in [0.2, 0.25) is 5.56 Å². The minimum absolute atomic E-state index is 0.0601. The molecule has 0 saturated carbocycles. The molecule has 1 N–H and O–H groups in total. The summed E-state index contributed by atoms with van der Waals surface area (Å²) in [6.45, 7) is 0. The molecule has 0 fully saturated rings. The van der Waals surface area contributed by atoms with Crippen LogP contribution in [0.3, 0.4) is 0 Å². The summed E-state index contributed by atoms with van der Waals surface area (Å²) in [6, 6.07) is 12.9. The molecule has 1 aromatic heterocycles. The van der Waals surface area contributed by atoms with Gasteiger partial charge in [0.25, 0.3) is 0 Å². The average molecular weight is 541 g/mol. The maximum Gasteiger partial charge on any atom is 0.416 e. The van der Waals surface area contributed by atoms with E-state index in [1.165, 1.54) is 18.2 Å². The molecule has 4 aromatic rings. The van der Waals surface area contributed by atoms with Crippen LogP contribution in [0.2, 0.25) is 0 Å². The highest BCUT2D eigenvalue weighted by Crippen LogP contribution is 2.48. The summed E-state index contributed by atoms with van der Waals surface area (Å²) in [5.41, 5.74) is -7.12. The molecule has 2 nitrogen and oxygen atoms in total. The van der Waals surface area contributed by atoms with Gasteiger partial charge in [0.15, 0.2) is 0 Å². The molecule has 0 saturated heterocycles. The van der Waals surface area contributed by atoms with Crippen LogP contribution in [0.15, 0.2) is 95.9 Å². The number of hydrogen-bond donors (Lipinski definition) is 1. The molecule has 198 valence electrons. The third kappa shape index (κ3) is 5.05. The van der Waals surface area contributed by atoms with E-state index < -0.39 is 46.2 Å². The Bertz CT molecular complexity index is 1350. The Kier molecular flexibility index (Phi) is 6.67. The lowest BCUT2D eigenvalue weighted by Gasteiger charge is -2.37. The summed E-state index contributed by atoms with van der Waals surface area (Å²) < 4.78 is 123. The monoisotopic (exact) mass is 541 g/mol. The Hall–Kier alpha value is -4.02. The number of benzene rings is 3. The van der Waals surface area contributed by atoms with Gasteiger partial charge in [-0.25, -0.2) is 0 Å². The van der Waals surface area contributed by atoms with Crippen molar-refractivity contribution in [2.24, 2.45) is 0 Å². The lowest BCUT2D eigenvalue weighted by molar-refractivity contribution is -0.138. The first-order valence-corrected chi connectivity index (χ1v) is 10.9. The zero-order valence-electron chi connectivity index (χ0n) is 19.0. The van der Waals surface area contributed by atoms with Gasteiger partial charge < -0.3 is 4.98 Å². The molecular formula is C27H16F9NO. The quantitative estimate of drug-likeness (QED) is 0.208. The number of aromatic nitrogens is 1. The van der Waals surface area contributed by atoms with E-state index >= 15 is 0 Å². The summed E-state index contributed by atoms with van der Waals surface area (Å²) in [6.07, 6.45) is -13.5. The van der Waals surface area contributed by atoms with Crippen molar-refractivity contribution in [2.75, 3.05) is 0 Å². The van der Waals surface area contributed by atoms with E-state index in [1.54, 1.807) is 0 Å². The van der Waals surface area contributed by atoms with Crippen LogP contribution in [0.4, 0.5) is 39.5 Å². The zero-order chi connectivity index (χ0) is 27.9. The molecular weight excluding hydrogens is 525 g/mol. The summed E-state index contributed by atoms with van der Waals surface area (Å²) in [4.78, 5) is 14.1. The predicted molar refractivity (Wildman–Crippen MR) is 120 cm³/mol. The van der Waals surface area contributed by atoms with Crippen LogP contribution in [0.1, 0.15) is 38.9 Å². The molecule has 0 aliphatic carbocycles. The number of nitrogens with one attached hydrogen (secondary N) is 1. The summed E-state index contributed by atoms with van der Waals surface area (Å²) >= 11 is 0. The Balaban J connectivity index is 2.22. The third-order valence-electron chi connectivity index (χ3n) is 6.09. The molecule has 0 unspecified atom stereocenters. The Morgan fingerprint density at radius 1 is 0.447 bits per heavy atom. The highest BCUT2D eigenvalue weighted by atomic mass is 19.4. The van der Waals surface area contributed by atoms with Gasteiger partial charge in [-0.2, -0.15) is 39.5 Å². The number of hydrogen-bond acceptors (Lipinski definition) is 1. The first kappa shape index (κ1) is 27.0. The molecule has 0 bridgehead atoms. The lowest BCUT2D eigenvalue weighted by atomic mass is 9.65. The molecule has 0 aliphatic rings. The first-order valence-electron chi connectivity index (χ1n) is 10.9. The van der Waals surface area contributed by atoms with Gasteiger partial charge in [0.05, 0.1) is 22.1 Å².